The van der Waals surface area contributed by atoms with Gasteiger partial charge in [0.25, 0.3) is 0 Å². The molecule has 1 aromatic carbocycles. The van der Waals surface area contributed by atoms with E-state index >= 15 is 0 Å². The number of rotatable bonds is 6. The summed E-state index contributed by atoms with van der Waals surface area (Å²) in [6.07, 6.45) is 4.02. The highest BCUT2D eigenvalue weighted by Crippen LogP contribution is 2.29. The summed E-state index contributed by atoms with van der Waals surface area (Å²) in [4.78, 5) is 4.87. The first-order chi connectivity index (χ1) is 11.7. The van der Waals surface area contributed by atoms with Gasteiger partial charge in [0.15, 0.2) is 0 Å². The number of fused-ring (bicyclic) bond motifs is 1. The molecule has 5 heteroatoms. The van der Waals surface area contributed by atoms with Crippen molar-refractivity contribution in [1.82, 2.24) is 9.80 Å². The molecule has 4 nitrogen and oxygen atoms in total. The Labute approximate surface area is 144 Å². The molecule has 1 aliphatic heterocycles. The lowest BCUT2D eigenvalue weighted by Crippen LogP contribution is -2.56. The van der Waals surface area contributed by atoms with Gasteiger partial charge in [0, 0.05) is 39.3 Å². The van der Waals surface area contributed by atoms with Crippen molar-refractivity contribution in [3.63, 3.8) is 0 Å². The van der Waals surface area contributed by atoms with Crippen LogP contribution in [-0.4, -0.2) is 68.4 Å². The first-order valence-electron chi connectivity index (χ1n) is 8.97. The number of methoxy groups -OCH3 is 1. The molecule has 1 saturated heterocycles. The molecule has 24 heavy (non-hydrogen) atoms. The molecule has 0 radical (unpaired) electrons. The molecular weight excluding hydrogens is 307 g/mol. The van der Waals surface area contributed by atoms with E-state index in [1.54, 1.807) is 0 Å². The van der Waals surface area contributed by atoms with Crippen LogP contribution in [0.1, 0.15) is 24.8 Å². The normalized spacial score (nSPS) is 28.1. The average molecular weight is 336 g/mol. The van der Waals surface area contributed by atoms with Gasteiger partial charge < -0.3 is 14.4 Å². The maximum absolute atomic E-state index is 13.0. The van der Waals surface area contributed by atoms with Crippen molar-refractivity contribution in [3.8, 4) is 0 Å². The van der Waals surface area contributed by atoms with Crippen molar-refractivity contribution in [3.05, 3.63) is 35.6 Å². The Kier molecular flexibility index (Phi) is 6.22. The van der Waals surface area contributed by atoms with Gasteiger partial charge >= 0.3 is 0 Å². The van der Waals surface area contributed by atoms with E-state index in [1.807, 2.05) is 19.2 Å². The summed E-state index contributed by atoms with van der Waals surface area (Å²) in [7, 11) is 3.94. The van der Waals surface area contributed by atoms with Crippen molar-refractivity contribution in [1.29, 1.82) is 0 Å². The van der Waals surface area contributed by atoms with Crippen LogP contribution >= 0.6 is 0 Å². The molecular formula is C19H29FN2O2. The van der Waals surface area contributed by atoms with Crippen molar-refractivity contribution >= 4 is 0 Å². The average Bonchev–Trinajstić information content (AvgIpc) is 2.61. The van der Waals surface area contributed by atoms with Crippen LogP contribution in [-0.2, 0) is 16.0 Å². The molecule has 3 atom stereocenters. The highest BCUT2D eigenvalue weighted by molar-refractivity contribution is 5.15. The molecule has 3 unspecified atom stereocenters. The molecule has 0 amide bonds. The quantitative estimate of drug-likeness (QED) is 0.797. The van der Waals surface area contributed by atoms with Gasteiger partial charge in [-0.05, 0) is 44.0 Å². The summed E-state index contributed by atoms with van der Waals surface area (Å²) in [5.41, 5.74) is 1.15. The molecule has 0 N–H and O–H groups in total. The lowest BCUT2D eigenvalue weighted by molar-refractivity contribution is -0.114. The van der Waals surface area contributed by atoms with Crippen LogP contribution in [0.2, 0.25) is 0 Å². The van der Waals surface area contributed by atoms with E-state index in [0.29, 0.717) is 18.2 Å². The molecule has 2 fully saturated rings. The minimum Gasteiger partial charge on any atom is -0.381 e. The minimum atomic E-state index is -0.175. The number of benzene rings is 1. The predicted molar refractivity (Wildman–Crippen MR) is 92.5 cm³/mol. The Morgan fingerprint density at radius 2 is 2.08 bits per heavy atom. The van der Waals surface area contributed by atoms with Gasteiger partial charge in [-0.3, -0.25) is 4.90 Å². The van der Waals surface area contributed by atoms with Crippen molar-refractivity contribution in [2.45, 2.75) is 44.1 Å². The second-order valence-corrected chi connectivity index (χ2v) is 7.05. The zero-order chi connectivity index (χ0) is 16.9. The van der Waals surface area contributed by atoms with Gasteiger partial charge in [-0.25, -0.2) is 4.39 Å². The van der Waals surface area contributed by atoms with Crippen molar-refractivity contribution in [2.75, 3.05) is 40.4 Å². The second-order valence-electron chi connectivity index (χ2n) is 7.05. The molecule has 134 valence electrons. The van der Waals surface area contributed by atoms with E-state index in [0.717, 1.165) is 57.6 Å². The van der Waals surface area contributed by atoms with Gasteiger partial charge in [0.1, 0.15) is 5.82 Å². The van der Waals surface area contributed by atoms with E-state index in [1.165, 1.54) is 12.1 Å². The van der Waals surface area contributed by atoms with Gasteiger partial charge in [0.05, 0.1) is 18.8 Å². The number of hydrogen-bond donors (Lipinski definition) is 0. The van der Waals surface area contributed by atoms with Crippen LogP contribution in [0.15, 0.2) is 24.3 Å². The fourth-order valence-corrected chi connectivity index (χ4v) is 3.92. The highest BCUT2D eigenvalue weighted by Gasteiger charge is 2.37. The minimum absolute atomic E-state index is 0.175. The lowest BCUT2D eigenvalue weighted by atomic mass is 9.88. The van der Waals surface area contributed by atoms with Crippen LogP contribution in [0, 0.1) is 5.82 Å². The summed E-state index contributed by atoms with van der Waals surface area (Å²) in [5.74, 6) is -0.175. The third-order valence-electron chi connectivity index (χ3n) is 5.35. The molecule has 1 aliphatic carbocycles. The smallest absolute Gasteiger partial charge is 0.123 e. The van der Waals surface area contributed by atoms with Crippen LogP contribution in [0.25, 0.3) is 0 Å². The van der Waals surface area contributed by atoms with Gasteiger partial charge in [-0.1, -0.05) is 12.1 Å². The number of ether oxygens (including phenoxy) is 2. The third kappa shape index (κ3) is 4.54. The van der Waals surface area contributed by atoms with Gasteiger partial charge in [-0.15, -0.1) is 0 Å². The number of likely N-dealkylation sites (N-methyl/N-ethyl adjacent to an activating group) is 1. The first kappa shape index (κ1) is 17.8. The third-order valence-corrected chi connectivity index (χ3v) is 5.35. The van der Waals surface area contributed by atoms with Gasteiger partial charge in [0.2, 0.25) is 0 Å². The zero-order valence-corrected chi connectivity index (χ0v) is 14.8. The van der Waals surface area contributed by atoms with E-state index in [9.17, 15) is 4.39 Å². The van der Waals surface area contributed by atoms with Crippen LogP contribution in [0.3, 0.4) is 0 Å². The fourth-order valence-electron chi connectivity index (χ4n) is 3.92. The maximum Gasteiger partial charge on any atom is 0.123 e. The van der Waals surface area contributed by atoms with Gasteiger partial charge in [-0.2, -0.15) is 0 Å². The summed E-state index contributed by atoms with van der Waals surface area (Å²) in [6.45, 7) is 4.72. The summed E-state index contributed by atoms with van der Waals surface area (Å²) < 4.78 is 24.5. The first-order valence-corrected chi connectivity index (χ1v) is 8.97. The second kappa shape index (κ2) is 8.39. The Morgan fingerprint density at radius 3 is 2.83 bits per heavy atom. The SMILES string of the molecule is COC1CCC2OCCN(CCN(C)Cc3ccc(F)cc3)C2C1. The standard InChI is InChI=1S/C19H29FN2O2/c1-21(14-15-3-5-16(20)6-4-15)9-10-22-11-12-24-19-8-7-17(23-2)13-18(19)22/h3-6,17-19H,7-14H2,1-2H3. The Bertz CT molecular complexity index is 511. The molecule has 1 aromatic rings. The summed E-state index contributed by atoms with van der Waals surface area (Å²) >= 11 is 0. The predicted octanol–water partition coefficient (Wildman–Crippen LogP) is 2.53. The topological polar surface area (TPSA) is 24.9 Å². The maximum atomic E-state index is 13.0. The van der Waals surface area contributed by atoms with E-state index in [-0.39, 0.29) is 5.82 Å². The Hall–Kier alpha value is -1.01. The number of morpholine rings is 1. The molecule has 0 aromatic heterocycles. The molecule has 0 bridgehead atoms. The van der Waals surface area contributed by atoms with Crippen molar-refractivity contribution < 1.29 is 13.9 Å². The molecule has 1 heterocycles. The molecule has 0 spiro atoms. The zero-order valence-electron chi connectivity index (χ0n) is 14.8. The molecule has 1 saturated carbocycles. The summed E-state index contributed by atoms with van der Waals surface area (Å²) in [6, 6.07) is 7.27. The largest absolute Gasteiger partial charge is 0.381 e. The van der Waals surface area contributed by atoms with Crippen LogP contribution in [0.4, 0.5) is 4.39 Å². The number of halogens is 1. The van der Waals surface area contributed by atoms with E-state index in [4.69, 9.17) is 9.47 Å². The Morgan fingerprint density at radius 1 is 1.29 bits per heavy atom. The number of nitrogens with zero attached hydrogens (tertiary/aromatic N) is 2. The lowest BCUT2D eigenvalue weighted by Gasteiger charge is -2.46. The van der Waals surface area contributed by atoms with Crippen LogP contribution in [0.5, 0.6) is 0 Å². The number of hydrogen-bond acceptors (Lipinski definition) is 4. The van der Waals surface area contributed by atoms with E-state index < -0.39 is 0 Å². The van der Waals surface area contributed by atoms with E-state index in [2.05, 4.69) is 16.8 Å². The summed E-state index contributed by atoms with van der Waals surface area (Å²) in [5, 5.41) is 0. The van der Waals surface area contributed by atoms with Crippen molar-refractivity contribution in [2.24, 2.45) is 0 Å². The van der Waals surface area contributed by atoms with Crippen LogP contribution < -0.4 is 0 Å². The fraction of sp³-hybridized carbons (Fsp3) is 0.684. The highest BCUT2D eigenvalue weighted by atomic mass is 19.1. The Balaban J connectivity index is 1.50. The molecule has 2 aliphatic rings. The monoisotopic (exact) mass is 336 g/mol. The molecule has 3 rings (SSSR count).